The topological polar surface area (TPSA) is 59.4 Å². The maximum absolute atomic E-state index is 10.5. The fourth-order valence-corrected chi connectivity index (χ4v) is 2.43. The first kappa shape index (κ1) is 14.3. The van der Waals surface area contributed by atoms with Crippen molar-refractivity contribution in [1.29, 1.82) is 0 Å². The summed E-state index contributed by atoms with van der Waals surface area (Å²) >= 11 is 1.61. The van der Waals surface area contributed by atoms with E-state index >= 15 is 0 Å². The van der Waals surface area contributed by atoms with Gasteiger partial charge in [-0.15, -0.1) is 11.3 Å². The number of carboxylic acid groups (broad SMARTS) is 1. The Morgan fingerprint density at radius 1 is 1.40 bits per heavy atom. The average Bonchev–Trinajstić information content (AvgIpc) is 2.83. The van der Waals surface area contributed by atoms with E-state index in [2.05, 4.69) is 4.98 Å². The zero-order valence-corrected chi connectivity index (χ0v) is 12.1. The minimum Gasteiger partial charge on any atom is -0.489 e. The van der Waals surface area contributed by atoms with Crippen LogP contribution in [0.3, 0.4) is 0 Å². The van der Waals surface area contributed by atoms with Crippen LogP contribution in [0, 0.1) is 6.92 Å². The molecule has 0 amide bonds. The number of nitrogens with zero attached hydrogens (tertiary/aromatic N) is 1. The van der Waals surface area contributed by atoms with Crippen LogP contribution in [0.1, 0.15) is 12.6 Å². The van der Waals surface area contributed by atoms with Gasteiger partial charge in [0.1, 0.15) is 17.4 Å². The molecule has 20 heavy (non-hydrogen) atoms. The molecule has 0 aliphatic rings. The van der Waals surface area contributed by atoms with Crippen LogP contribution in [-0.2, 0) is 4.79 Å². The van der Waals surface area contributed by atoms with Gasteiger partial charge in [-0.05, 0) is 43.7 Å². The number of carbonyl (C=O) groups is 1. The summed E-state index contributed by atoms with van der Waals surface area (Å²) in [6.45, 7) is 3.96. The molecule has 2 rings (SSSR count). The van der Waals surface area contributed by atoms with E-state index in [-0.39, 0.29) is 6.61 Å². The van der Waals surface area contributed by atoms with E-state index in [1.54, 1.807) is 18.3 Å². The molecule has 104 valence electrons. The van der Waals surface area contributed by atoms with Crippen LogP contribution < -0.4 is 4.74 Å². The van der Waals surface area contributed by atoms with Gasteiger partial charge in [0.05, 0.1) is 0 Å². The molecule has 0 bridgehead atoms. The van der Waals surface area contributed by atoms with Gasteiger partial charge in [0, 0.05) is 22.7 Å². The number of carboxylic acids is 1. The largest absolute Gasteiger partial charge is 0.489 e. The number of aryl methyl sites for hydroxylation is 1. The van der Waals surface area contributed by atoms with E-state index in [4.69, 9.17) is 9.84 Å². The summed E-state index contributed by atoms with van der Waals surface area (Å²) in [6.07, 6.45) is 1.15. The Labute approximate surface area is 121 Å². The summed E-state index contributed by atoms with van der Waals surface area (Å²) < 4.78 is 5.52. The molecule has 0 spiro atoms. The van der Waals surface area contributed by atoms with Crippen molar-refractivity contribution in [3.05, 3.63) is 47.0 Å². The van der Waals surface area contributed by atoms with Gasteiger partial charge in [-0.3, -0.25) is 0 Å². The van der Waals surface area contributed by atoms with Crippen molar-refractivity contribution in [3.63, 3.8) is 0 Å². The second-order valence-corrected chi connectivity index (χ2v) is 5.29. The van der Waals surface area contributed by atoms with Crippen LogP contribution in [-0.4, -0.2) is 22.7 Å². The lowest BCUT2D eigenvalue weighted by atomic mass is 10.2. The third-order valence-electron chi connectivity index (χ3n) is 2.56. The second-order valence-electron chi connectivity index (χ2n) is 4.44. The van der Waals surface area contributed by atoms with E-state index in [0.717, 1.165) is 22.3 Å². The molecular weight excluding hydrogens is 274 g/mol. The van der Waals surface area contributed by atoms with Gasteiger partial charge < -0.3 is 9.84 Å². The van der Waals surface area contributed by atoms with Gasteiger partial charge >= 0.3 is 5.97 Å². The zero-order chi connectivity index (χ0) is 14.5. The van der Waals surface area contributed by atoms with Crippen LogP contribution >= 0.6 is 11.3 Å². The Kier molecular flexibility index (Phi) is 4.53. The Balaban J connectivity index is 2.00. The second kappa shape index (κ2) is 6.34. The predicted octanol–water partition coefficient (Wildman–Crippen LogP) is 3.53. The smallest absolute Gasteiger partial charge is 0.328 e. The maximum atomic E-state index is 10.5. The van der Waals surface area contributed by atoms with Crippen molar-refractivity contribution < 1.29 is 14.6 Å². The minimum absolute atomic E-state index is 0.266. The molecule has 1 aromatic carbocycles. The standard InChI is InChI=1S/C15H15NO3S/c1-10(7-14(17)18)8-19-13-5-3-12(4-6-13)15-16-11(2)9-20-15/h3-7,9H,8H2,1-2H3,(H,17,18). The quantitative estimate of drug-likeness (QED) is 0.855. The molecule has 1 aromatic heterocycles. The molecule has 2 aromatic rings. The van der Waals surface area contributed by atoms with E-state index in [0.29, 0.717) is 11.3 Å². The van der Waals surface area contributed by atoms with Crippen molar-refractivity contribution in [2.45, 2.75) is 13.8 Å². The average molecular weight is 289 g/mol. The SMILES string of the molecule is CC(=CC(=O)O)COc1ccc(-c2nc(C)cs2)cc1. The molecule has 0 saturated carbocycles. The molecule has 1 heterocycles. The Hall–Kier alpha value is -2.14. The highest BCUT2D eigenvalue weighted by Crippen LogP contribution is 2.25. The molecule has 0 aliphatic carbocycles. The first-order chi connectivity index (χ1) is 9.54. The number of aliphatic carboxylic acids is 1. The summed E-state index contributed by atoms with van der Waals surface area (Å²) in [5.74, 6) is -0.249. The number of aromatic nitrogens is 1. The molecule has 1 N–H and O–H groups in total. The lowest BCUT2D eigenvalue weighted by Crippen LogP contribution is -2.01. The fourth-order valence-electron chi connectivity index (χ4n) is 1.63. The van der Waals surface area contributed by atoms with Crippen molar-refractivity contribution in [1.82, 2.24) is 4.98 Å². The summed E-state index contributed by atoms with van der Waals surface area (Å²) in [5, 5.41) is 11.6. The zero-order valence-electron chi connectivity index (χ0n) is 11.3. The molecular formula is C15H15NO3S. The third kappa shape index (κ3) is 3.93. The number of rotatable bonds is 5. The Bertz CT molecular complexity index is 629. The normalized spacial score (nSPS) is 11.4. The summed E-state index contributed by atoms with van der Waals surface area (Å²) in [7, 11) is 0. The highest BCUT2D eigenvalue weighted by molar-refractivity contribution is 7.13. The molecule has 5 heteroatoms. The van der Waals surface area contributed by atoms with Gasteiger partial charge in [0.2, 0.25) is 0 Å². The molecule has 4 nitrogen and oxygen atoms in total. The highest BCUT2D eigenvalue weighted by atomic mass is 32.1. The summed E-state index contributed by atoms with van der Waals surface area (Å²) in [6, 6.07) is 7.62. The molecule has 0 radical (unpaired) electrons. The van der Waals surface area contributed by atoms with Crippen LogP contribution in [0.2, 0.25) is 0 Å². The molecule has 0 saturated heterocycles. The predicted molar refractivity (Wildman–Crippen MR) is 79.2 cm³/mol. The van der Waals surface area contributed by atoms with E-state index in [9.17, 15) is 4.79 Å². The van der Waals surface area contributed by atoms with E-state index in [1.807, 2.05) is 36.6 Å². The Morgan fingerprint density at radius 3 is 2.65 bits per heavy atom. The molecule has 0 aliphatic heterocycles. The van der Waals surface area contributed by atoms with Gasteiger partial charge in [-0.2, -0.15) is 0 Å². The maximum Gasteiger partial charge on any atom is 0.328 e. The number of ether oxygens (including phenoxy) is 1. The third-order valence-corrected chi connectivity index (χ3v) is 3.57. The lowest BCUT2D eigenvalue weighted by Gasteiger charge is -2.06. The number of hydrogen-bond donors (Lipinski definition) is 1. The number of hydrogen-bond acceptors (Lipinski definition) is 4. The van der Waals surface area contributed by atoms with Crippen molar-refractivity contribution in [2.75, 3.05) is 6.61 Å². The minimum atomic E-state index is -0.958. The molecule has 0 fully saturated rings. The number of benzene rings is 1. The monoisotopic (exact) mass is 289 g/mol. The summed E-state index contributed by atoms with van der Waals surface area (Å²) in [4.78, 5) is 14.9. The van der Waals surface area contributed by atoms with Crippen LogP contribution in [0.4, 0.5) is 0 Å². The molecule has 0 atom stereocenters. The first-order valence-corrected chi connectivity index (χ1v) is 6.98. The van der Waals surface area contributed by atoms with Crippen molar-refractivity contribution >= 4 is 17.3 Å². The van der Waals surface area contributed by atoms with E-state index in [1.165, 1.54) is 0 Å². The summed E-state index contributed by atoms with van der Waals surface area (Å²) in [5.41, 5.74) is 2.73. The van der Waals surface area contributed by atoms with Gasteiger partial charge in [-0.1, -0.05) is 0 Å². The number of thiazole rings is 1. The first-order valence-electron chi connectivity index (χ1n) is 6.10. The Morgan fingerprint density at radius 2 is 2.10 bits per heavy atom. The highest BCUT2D eigenvalue weighted by Gasteiger charge is 2.03. The lowest BCUT2D eigenvalue weighted by molar-refractivity contribution is -0.131. The van der Waals surface area contributed by atoms with Crippen molar-refractivity contribution in [2.24, 2.45) is 0 Å². The van der Waals surface area contributed by atoms with Crippen LogP contribution in [0.15, 0.2) is 41.3 Å². The van der Waals surface area contributed by atoms with Gasteiger partial charge in [0.15, 0.2) is 0 Å². The fraction of sp³-hybridized carbons (Fsp3) is 0.200. The van der Waals surface area contributed by atoms with Gasteiger partial charge in [-0.25, -0.2) is 9.78 Å². The molecule has 0 unspecified atom stereocenters. The van der Waals surface area contributed by atoms with Crippen molar-refractivity contribution in [3.8, 4) is 16.3 Å². The van der Waals surface area contributed by atoms with Gasteiger partial charge in [0.25, 0.3) is 0 Å². The van der Waals surface area contributed by atoms with Crippen LogP contribution in [0.5, 0.6) is 5.75 Å². The van der Waals surface area contributed by atoms with Crippen LogP contribution in [0.25, 0.3) is 10.6 Å². The van der Waals surface area contributed by atoms with E-state index < -0.39 is 5.97 Å².